The molecule has 0 unspecified atom stereocenters. The van der Waals surface area contributed by atoms with Gasteiger partial charge in [-0.25, -0.2) is 8.42 Å². The second-order valence-corrected chi connectivity index (χ2v) is 10.8. The van der Waals surface area contributed by atoms with Crippen LogP contribution in [0, 0.1) is 0 Å². The summed E-state index contributed by atoms with van der Waals surface area (Å²) in [4.78, 5) is 0.132. The lowest BCUT2D eigenvalue weighted by molar-refractivity contribution is 0.0730. The molecule has 1 aromatic heterocycles. The van der Waals surface area contributed by atoms with E-state index in [4.69, 9.17) is 9.15 Å². The highest BCUT2D eigenvalue weighted by Gasteiger charge is 2.28. The molecule has 32 heavy (non-hydrogen) atoms. The first-order chi connectivity index (χ1) is 15.3. The van der Waals surface area contributed by atoms with Crippen LogP contribution in [-0.4, -0.2) is 55.1 Å². The molecule has 11 heteroatoms. The maximum Gasteiger partial charge on any atom is 0.243 e. The monoisotopic (exact) mass is 586 g/mol. The van der Waals surface area contributed by atoms with E-state index in [-0.39, 0.29) is 16.4 Å². The molecule has 8 nitrogen and oxygen atoms in total. The molecule has 4 rings (SSSR count). The van der Waals surface area contributed by atoms with Crippen molar-refractivity contribution in [3.05, 3.63) is 56.2 Å². The Labute approximate surface area is 201 Å². The second kappa shape index (κ2) is 9.14. The summed E-state index contributed by atoms with van der Waals surface area (Å²) in [5, 5.41) is 24.0. The average molecular weight is 588 g/mol. The van der Waals surface area contributed by atoms with Crippen molar-refractivity contribution in [3.8, 4) is 5.75 Å². The Morgan fingerprint density at radius 1 is 1.16 bits per heavy atom. The molecule has 1 fully saturated rings. The lowest BCUT2D eigenvalue weighted by Gasteiger charge is -2.25. The second-order valence-electron chi connectivity index (χ2n) is 7.17. The van der Waals surface area contributed by atoms with Crippen molar-refractivity contribution in [2.75, 3.05) is 26.3 Å². The van der Waals surface area contributed by atoms with Crippen molar-refractivity contribution in [1.82, 2.24) is 4.31 Å². The van der Waals surface area contributed by atoms with Gasteiger partial charge < -0.3 is 19.5 Å². The zero-order chi connectivity index (χ0) is 23.0. The minimum atomic E-state index is -3.68. The normalized spacial score (nSPS) is 16.0. The number of hydrogen-bond donors (Lipinski definition) is 2. The summed E-state index contributed by atoms with van der Waals surface area (Å²) in [5.41, 5.74) is 1.71. The van der Waals surface area contributed by atoms with Gasteiger partial charge in [-0.15, -0.1) is 0 Å². The van der Waals surface area contributed by atoms with E-state index in [0.29, 0.717) is 69.5 Å². The molecule has 1 aliphatic rings. The Kier molecular flexibility index (Phi) is 6.64. The lowest BCUT2D eigenvalue weighted by Crippen LogP contribution is -2.40. The standard InChI is InChI=1S/C21H20Br2N2O6S/c1-2-17-19(20(24-27)12-9-15(22)21(26)16(23)10-12)14-4-3-13(11-18(14)31-17)32(28,29)25-5-7-30-8-6-25/h3-4,9-11,26-27H,2,5-8H2,1H3. The maximum atomic E-state index is 13.0. The Bertz CT molecular complexity index is 1290. The SMILES string of the molecule is CCc1oc2cc(S(=O)(=O)N3CCOCC3)ccc2c1C(=NO)c1cc(Br)c(O)c(Br)c1. The van der Waals surface area contributed by atoms with E-state index >= 15 is 0 Å². The molecule has 2 heterocycles. The quantitative estimate of drug-likeness (QED) is 0.259. The van der Waals surface area contributed by atoms with E-state index < -0.39 is 10.0 Å². The first-order valence-electron chi connectivity index (χ1n) is 9.82. The Morgan fingerprint density at radius 2 is 1.81 bits per heavy atom. The van der Waals surface area contributed by atoms with E-state index in [0.717, 1.165) is 0 Å². The molecule has 0 radical (unpaired) electrons. The van der Waals surface area contributed by atoms with Crippen LogP contribution < -0.4 is 0 Å². The van der Waals surface area contributed by atoms with Crippen LogP contribution in [0.3, 0.4) is 0 Å². The number of halogens is 2. The number of benzene rings is 2. The van der Waals surface area contributed by atoms with Crippen molar-refractivity contribution in [2.24, 2.45) is 5.16 Å². The van der Waals surface area contributed by atoms with E-state index in [1.807, 2.05) is 6.92 Å². The molecule has 0 atom stereocenters. The topological polar surface area (TPSA) is 113 Å². The van der Waals surface area contributed by atoms with Crippen LogP contribution >= 0.6 is 31.9 Å². The van der Waals surface area contributed by atoms with E-state index in [9.17, 15) is 18.7 Å². The summed E-state index contributed by atoms with van der Waals surface area (Å²) in [5.74, 6) is 0.575. The highest BCUT2D eigenvalue weighted by Crippen LogP contribution is 2.36. The fourth-order valence-electron chi connectivity index (χ4n) is 3.69. The first kappa shape index (κ1) is 23.2. The van der Waals surface area contributed by atoms with Gasteiger partial charge in [0.2, 0.25) is 10.0 Å². The zero-order valence-corrected chi connectivity index (χ0v) is 21.0. The Morgan fingerprint density at radius 3 is 2.41 bits per heavy atom. The van der Waals surface area contributed by atoms with Crippen LogP contribution in [0.4, 0.5) is 0 Å². The largest absolute Gasteiger partial charge is 0.506 e. The predicted molar refractivity (Wildman–Crippen MR) is 126 cm³/mol. The predicted octanol–water partition coefficient (Wildman–Crippen LogP) is 4.47. The third-order valence-electron chi connectivity index (χ3n) is 5.29. The van der Waals surface area contributed by atoms with Gasteiger partial charge in [-0.3, -0.25) is 0 Å². The highest BCUT2D eigenvalue weighted by molar-refractivity contribution is 9.11. The van der Waals surface area contributed by atoms with Crippen molar-refractivity contribution >= 4 is 58.6 Å². The molecule has 0 aliphatic carbocycles. The summed E-state index contributed by atoms with van der Waals surface area (Å²) in [7, 11) is -3.68. The fourth-order valence-corrected chi connectivity index (χ4v) is 6.30. The molecule has 2 N–H and O–H groups in total. The minimum absolute atomic E-state index is 0.0248. The molecule has 1 aliphatic heterocycles. The molecule has 3 aromatic rings. The number of ether oxygens (including phenoxy) is 1. The summed E-state index contributed by atoms with van der Waals surface area (Å²) in [6.45, 7) is 3.22. The fraction of sp³-hybridized carbons (Fsp3) is 0.286. The molecule has 0 amide bonds. The molecular formula is C21H20Br2N2O6S. The molecule has 0 saturated carbocycles. The summed E-state index contributed by atoms with van der Waals surface area (Å²) in [6, 6.07) is 7.95. The number of hydrogen-bond acceptors (Lipinski definition) is 7. The number of phenolic OH excluding ortho intramolecular Hbond substituents is 1. The zero-order valence-electron chi connectivity index (χ0n) is 17.0. The molecule has 2 aromatic carbocycles. The van der Waals surface area contributed by atoms with E-state index in [2.05, 4.69) is 37.0 Å². The van der Waals surface area contributed by atoms with Gasteiger partial charge >= 0.3 is 0 Å². The van der Waals surface area contributed by atoms with Gasteiger partial charge in [0.05, 0.1) is 32.6 Å². The minimum Gasteiger partial charge on any atom is -0.506 e. The van der Waals surface area contributed by atoms with E-state index in [1.165, 1.54) is 16.4 Å². The van der Waals surface area contributed by atoms with Gasteiger partial charge in [0, 0.05) is 36.5 Å². The van der Waals surface area contributed by atoms with Crippen LogP contribution in [0.5, 0.6) is 5.75 Å². The smallest absolute Gasteiger partial charge is 0.243 e. The van der Waals surface area contributed by atoms with Crippen LogP contribution in [0.1, 0.15) is 23.8 Å². The van der Waals surface area contributed by atoms with Crippen LogP contribution in [0.25, 0.3) is 11.0 Å². The van der Waals surface area contributed by atoms with Gasteiger partial charge in [-0.1, -0.05) is 12.1 Å². The molecule has 1 saturated heterocycles. The number of phenols is 1. The number of sulfonamides is 1. The molecular weight excluding hydrogens is 568 g/mol. The van der Waals surface area contributed by atoms with Crippen LogP contribution in [0.2, 0.25) is 0 Å². The third kappa shape index (κ3) is 4.08. The number of fused-ring (bicyclic) bond motifs is 1. The third-order valence-corrected chi connectivity index (χ3v) is 8.39. The van der Waals surface area contributed by atoms with Crippen LogP contribution in [-0.2, 0) is 21.2 Å². The van der Waals surface area contributed by atoms with Crippen molar-refractivity contribution in [2.45, 2.75) is 18.2 Å². The van der Waals surface area contributed by atoms with Gasteiger partial charge in [-0.2, -0.15) is 4.31 Å². The van der Waals surface area contributed by atoms with Gasteiger partial charge in [0.1, 0.15) is 22.8 Å². The summed E-state index contributed by atoms with van der Waals surface area (Å²) < 4.78 is 39.6. The number of oxime groups is 1. The number of aryl methyl sites for hydroxylation is 1. The molecule has 170 valence electrons. The van der Waals surface area contributed by atoms with Gasteiger partial charge in [-0.05, 0) is 56.1 Å². The number of rotatable bonds is 5. The summed E-state index contributed by atoms with van der Waals surface area (Å²) >= 11 is 6.58. The van der Waals surface area contributed by atoms with Crippen LogP contribution in [0.15, 0.2) is 53.7 Å². The van der Waals surface area contributed by atoms with Crippen molar-refractivity contribution in [1.29, 1.82) is 0 Å². The number of morpholine rings is 1. The Hall–Kier alpha value is -1.92. The average Bonchev–Trinajstić information content (AvgIpc) is 3.16. The van der Waals surface area contributed by atoms with Gasteiger partial charge in [0.15, 0.2) is 0 Å². The first-order valence-corrected chi connectivity index (χ1v) is 12.8. The maximum absolute atomic E-state index is 13.0. The number of nitrogens with zero attached hydrogens (tertiary/aromatic N) is 2. The lowest BCUT2D eigenvalue weighted by atomic mass is 9.98. The molecule has 0 spiro atoms. The number of aromatic hydroxyl groups is 1. The highest BCUT2D eigenvalue weighted by atomic mass is 79.9. The van der Waals surface area contributed by atoms with E-state index in [1.54, 1.807) is 18.2 Å². The summed E-state index contributed by atoms with van der Waals surface area (Å²) in [6.07, 6.45) is 0.495. The van der Waals surface area contributed by atoms with Crippen molar-refractivity contribution in [3.63, 3.8) is 0 Å². The Balaban J connectivity index is 1.84. The van der Waals surface area contributed by atoms with Crippen molar-refractivity contribution < 1.29 is 27.9 Å². The van der Waals surface area contributed by atoms with Gasteiger partial charge in [0.25, 0.3) is 0 Å². The number of furan rings is 1. The molecule has 0 bridgehead atoms.